The van der Waals surface area contributed by atoms with Crippen molar-refractivity contribution < 1.29 is 30.0 Å². The molecule has 0 aromatic rings. The molecule has 0 radical (unpaired) electrons. The number of aliphatic carboxylic acids is 1. The number of aliphatic hydroxyl groups is 3. The summed E-state index contributed by atoms with van der Waals surface area (Å²) in [6.07, 6.45) is 2.66. The van der Waals surface area contributed by atoms with Crippen molar-refractivity contribution in [2.24, 2.45) is 46.3 Å². The molecule has 3 unspecified atom stereocenters. The fourth-order valence-electron chi connectivity index (χ4n) is 8.54. The van der Waals surface area contributed by atoms with Gasteiger partial charge in [0.05, 0.1) is 18.3 Å². The zero-order valence-corrected chi connectivity index (χ0v) is 18.5. The fraction of sp³-hybridized carbons (Fsp3) is 0.917. The third-order valence-electron chi connectivity index (χ3n) is 10.2. The third kappa shape index (κ3) is 3.08. The van der Waals surface area contributed by atoms with Crippen molar-refractivity contribution in [3.63, 3.8) is 0 Å². The Morgan fingerprint density at radius 3 is 2.47 bits per heavy atom. The van der Waals surface area contributed by atoms with Crippen LogP contribution in [0, 0.1) is 46.3 Å². The Balaban J connectivity index is 1.64. The van der Waals surface area contributed by atoms with Crippen LogP contribution in [0.25, 0.3) is 0 Å². The van der Waals surface area contributed by atoms with Crippen LogP contribution in [0.1, 0.15) is 72.1 Å². The number of carboxylic acids is 1. The Bertz CT molecular complexity index is 708. The highest BCUT2D eigenvalue weighted by Crippen LogP contribution is 2.67. The Morgan fingerprint density at radius 2 is 1.80 bits per heavy atom. The highest BCUT2D eigenvalue weighted by Gasteiger charge is 2.67. The Kier molecular flexibility index (Phi) is 5.60. The van der Waals surface area contributed by atoms with Crippen molar-refractivity contribution in [3.8, 4) is 0 Å². The first-order valence-corrected chi connectivity index (χ1v) is 11.8. The van der Waals surface area contributed by atoms with Crippen molar-refractivity contribution in [2.75, 3.05) is 0 Å². The highest BCUT2D eigenvalue weighted by molar-refractivity contribution is 5.86. The van der Waals surface area contributed by atoms with Gasteiger partial charge >= 0.3 is 5.97 Å². The Hall–Kier alpha value is -0.980. The largest absolute Gasteiger partial charge is 0.481 e. The van der Waals surface area contributed by atoms with E-state index in [4.69, 9.17) is 5.11 Å². The topological polar surface area (TPSA) is 115 Å². The maximum Gasteiger partial charge on any atom is 0.303 e. The zero-order valence-electron chi connectivity index (χ0n) is 18.5. The van der Waals surface area contributed by atoms with Crippen LogP contribution in [0.5, 0.6) is 0 Å². The molecule has 0 saturated heterocycles. The first-order chi connectivity index (χ1) is 14.0. The summed E-state index contributed by atoms with van der Waals surface area (Å²) >= 11 is 0. The Morgan fingerprint density at radius 1 is 1.10 bits per heavy atom. The van der Waals surface area contributed by atoms with Gasteiger partial charge in [0.15, 0.2) is 0 Å². The monoisotopic (exact) mass is 422 g/mol. The second kappa shape index (κ2) is 7.56. The maximum absolute atomic E-state index is 13.1. The van der Waals surface area contributed by atoms with Gasteiger partial charge in [0.2, 0.25) is 0 Å². The first kappa shape index (κ1) is 22.2. The van der Waals surface area contributed by atoms with E-state index < -0.39 is 29.7 Å². The molecule has 0 bridgehead atoms. The summed E-state index contributed by atoms with van der Waals surface area (Å²) in [5, 5.41) is 41.9. The smallest absolute Gasteiger partial charge is 0.303 e. The quantitative estimate of drug-likeness (QED) is 0.554. The van der Waals surface area contributed by atoms with Gasteiger partial charge in [-0.1, -0.05) is 20.8 Å². The minimum atomic E-state index is -0.787. The predicted molar refractivity (Wildman–Crippen MR) is 110 cm³/mol. The first-order valence-electron chi connectivity index (χ1n) is 11.8. The predicted octanol–water partition coefficient (Wildman–Crippen LogP) is 2.63. The number of hydrogen-bond acceptors (Lipinski definition) is 5. The van der Waals surface area contributed by atoms with E-state index in [9.17, 15) is 24.9 Å². The molecule has 0 amide bonds. The standard InChI is InChI=1S/C24H38O6/c1-12(4-7-21(29)30)15-5-6-16-22-17(11-20(28)24(15,16)3)23(2)13(9-18(22)26)8-14(25)10-19(23)27/h12-18,20,22,25-26,28H,4-11H2,1-3H3,(H,29,30)/t12-,13+,14+,15-,16?,17?,18-,20+,22?,23+,24-/m1/s1. The fourth-order valence-corrected chi connectivity index (χ4v) is 8.54. The van der Waals surface area contributed by atoms with Crippen LogP contribution in [-0.2, 0) is 9.59 Å². The molecule has 0 heterocycles. The number of rotatable bonds is 4. The molecule has 4 fully saturated rings. The maximum atomic E-state index is 13.1. The van der Waals surface area contributed by atoms with Crippen LogP contribution in [0.2, 0.25) is 0 Å². The number of aliphatic hydroxyl groups excluding tert-OH is 3. The minimum absolute atomic E-state index is 0.0180. The summed E-state index contributed by atoms with van der Waals surface area (Å²) in [5.74, 6) is -0.261. The molecule has 0 aliphatic heterocycles. The van der Waals surface area contributed by atoms with E-state index in [0.717, 1.165) is 12.8 Å². The molecular weight excluding hydrogens is 384 g/mol. The number of fused-ring (bicyclic) bond motifs is 5. The van der Waals surface area contributed by atoms with Gasteiger partial charge in [0.25, 0.3) is 0 Å². The van der Waals surface area contributed by atoms with Crippen molar-refractivity contribution in [1.29, 1.82) is 0 Å². The van der Waals surface area contributed by atoms with E-state index in [1.165, 1.54) is 0 Å². The van der Waals surface area contributed by atoms with Crippen LogP contribution >= 0.6 is 0 Å². The molecule has 4 rings (SSSR count). The van der Waals surface area contributed by atoms with Gasteiger partial charge in [0.1, 0.15) is 5.78 Å². The second-order valence-corrected chi connectivity index (χ2v) is 11.3. The molecule has 4 N–H and O–H groups in total. The average Bonchev–Trinajstić information content (AvgIpc) is 3.01. The number of ketones is 1. The molecule has 4 saturated carbocycles. The number of Topliss-reactive ketones (excluding diaryl/α,β-unsaturated/α-hetero) is 1. The van der Waals surface area contributed by atoms with Crippen LogP contribution < -0.4 is 0 Å². The van der Waals surface area contributed by atoms with Crippen molar-refractivity contribution in [1.82, 2.24) is 0 Å². The van der Waals surface area contributed by atoms with Crippen molar-refractivity contribution in [2.45, 2.75) is 90.4 Å². The molecule has 11 atom stereocenters. The Labute approximate surface area is 179 Å². The highest BCUT2D eigenvalue weighted by atomic mass is 16.4. The lowest BCUT2D eigenvalue weighted by Crippen LogP contribution is -2.64. The zero-order chi connectivity index (χ0) is 22.0. The van der Waals surface area contributed by atoms with Crippen LogP contribution in [0.3, 0.4) is 0 Å². The van der Waals surface area contributed by atoms with Crippen molar-refractivity contribution >= 4 is 11.8 Å². The SMILES string of the molecule is C[C@H](CCC(=O)O)[C@H]1CCC2C3C(C[C@H](O)[C@@]21C)[C@@]1(C)C(=O)C[C@@H](O)C[C@H]1C[C@H]3O. The molecule has 30 heavy (non-hydrogen) atoms. The van der Waals surface area contributed by atoms with Crippen LogP contribution in [-0.4, -0.2) is 50.5 Å². The molecule has 6 nitrogen and oxygen atoms in total. The number of hydrogen-bond donors (Lipinski definition) is 4. The van der Waals surface area contributed by atoms with Gasteiger partial charge in [-0.05, 0) is 79.4 Å². The number of carbonyl (C=O) groups excluding carboxylic acids is 1. The lowest BCUT2D eigenvalue weighted by molar-refractivity contribution is -0.205. The molecule has 6 heteroatoms. The van der Waals surface area contributed by atoms with Gasteiger partial charge in [-0.25, -0.2) is 0 Å². The van der Waals surface area contributed by atoms with E-state index in [0.29, 0.717) is 25.7 Å². The summed E-state index contributed by atoms with van der Waals surface area (Å²) in [6, 6.07) is 0. The summed E-state index contributed by atoms with van der Waals surface area (Å²) in [6.45, 7) is 6.26. The molecule has 4 aliphatic carbocycles. The average molecular weight is 423 g/mol. The summed E-state index contributed by atoms with van der Waals surface area (Å²) in [7, 11) is 0. The molecular formula is C24H38O6. The third-order valence-corrected chi connectivity index (χ3v) is 10.2. The molecule has 0 spiro atoms. The van der Waals surface area contributed by atoms with Gasteiger partial charge in [0, 0.05) is 18.3 Å². The molecule has 0 aromatic heterocycles. The van der Waals surface area contributed by atoms with Crippen LogP contribution in [0.4, 0.5) is 0 Å². The molecule has 0 aromatic carbocycles. The van der Waals surface area contributed by atoms with Crippen molar-refractivity contribution in [3.05, 3.63) is 0 Å². The van der Waals surface area contributed by atoms with E-state index in [1.54, 1.807) is 0 Å². The molecule has 170 valence electrons. The number of carbonyl (C=O) groups is 2. The summed E-state index contributed by atoms with van der Waals surface area (Å²) in [4.78, 5) is 24.2. The van der Waals surface area contributed by atoms with Gasteiger partial charge in [-0.2, -0.15) is 0 Å². The lowest BCUT2D eigenvalue weighted by atomic mass is 9.42. The normalized spacial score (nSPS) is 51.6. The van der Waals surface area contributed by atoms with E-state index in [2.05, 4.69) is 13.8 Å². The van der Waals surface area contributed by atoms with E-state index >= 15 is 0 Å². The van der Waals surface area contributed by atoms with Gasteiger partial charge < -0.3 is 20.4 Å². The summed E-state index contributed by atoms with van der Waals surface area (Å²) < 4.78 is 0. The van der Waals surface area contributed by atoms with Gasteiger partial charge in [-0.15, -0.1) is 0 Å². The number of carboxylic acid groups (broad SMARTS) is 1. The lowest BCUT2D eigenvalue weighted by Gasteiger charge is -2.62. The van der Waals surface area contributed by atoms with Crippen LogP contribution in [0.15, 0.2) is 0 Å². The van der Waals surface area contributed by atoms with Gasteiger partial charge in [-0.3, -0.25) is 9.59 Å². The second-order valence-electron chi connectivity index (χ2n) is 11.3. The summed E-state index contributed by atoms with van der Waals surface area (Å²) in [5.41, 5.74) is -0.945. The van der Waals surface area contributed by atoms with E-state index in [-0.39, 0.29) is 59.5 Å². The van der Waals surface area contributed by atoms with E-state index in [1.807, 2.05) is 6.92 Å². The molecule has 4 aliphatic rings. The minimum Gasteiger partial charge on any atom is -0.481 e.